The molecule has 0 aliphatic rings. The molecule has 0 spiro atoms. The zero-order valence-electron chi connectivity index (χ0n) is 13.3. The van der Waals surface area contributed by atoms with Crippen molar-refractivity contribution in [2.24, 2.45) is 0 Å². The first-order chi connectivity index (χ1) is 11.0. The minimum atomic E-state index is -0.424. The van der Waals surface area contributed by atoms with E-state index in [1.165, 1.54) is 23.5 Å². The molecule has 6 heteroatoms. The zero-order valence-corrected chi connectivity index (χ0v) is 14.1. The van der Waals surface area contributed by atoms with Crippen LogP contribution < -0.4 is 5.32 Å². The Morgan fingerprint density at radius 2 is 2.09 bits per heavy atom. The first kappa shape index (κ1) is 17.6. The number of rotatable bonds is 7. The third-order valence-corrected chi connectivity index (χ3v) is 4.90. The highest BCUT2D eigenvalue weighted by atomic mass is 32.1. The van der Waals surface area contributed by atoms with Gasteiger partial charge in [-0.2, -0.15) is 0 Å². The summed E-state index contributed by atoms with van der Waals surface area (Å²) in [7, 11) is 0. The van der Waals surface area contributed by atoms with E-state index in [4.69, 9.17) is 5.11 Å². The number of nitrogens with zero attached hydrogens (tertiary/aromatic N) is 1. The van der Waals surface area contributed by atoms with Crippen molar-refractivity contribution in [2.45, 2.75) is 38.6 Å². The Morgan fingerprint density at radius 1 is 1.39 bits per heavy atom. The minimum absolute atomic E-state index is 0.0309. The fourth-order valence-electron chi connectivity index (χ4n) is 2.18. The van der Waals surface area contributed by atoms with Crippen LogP contribution in [-0.4, -0.2) is 28.1 Å². The second kappa shape index (κ2) is 7.66. The number of nitrogens with one attached hydrogen (secondary N) is 1. The van der Waals surface area contributed by atoms with Crippen LogP contribution in [-0.2, 0) is 6.42 Å². The molecule has 124 valence electrons. The highest BCUT2D eigenvalue weighted by molar-refractivity contribution is 7.13. The molecule has 1 unspecified atom stereocenters. The largest absolute Gasteiger partial charge is 0.396 e. The van der Waals surface area contributed by atoms with Crippen molar-refractivity contribution in [3.05, 3.63) is 51.7 Å². The number of thiazole rings is 1. The van der Waals surface area contributed by atoms with Gasteiger partial charge in [0.25, 0.3) is 5.91 Å². The molecule has 1 heterocycles. The number of amides is 1. The molecule has 4 nitrogen and oxygen atoms in total. The smallest absolute Gasteiger partial charge is 0.263 e. The van der Waals surface area contributed by atoms with E-state index >= 15 is 0 Å². The molecule has 23 heavy (non-hydrogen) atoms. The van der Waals surface area contributed by atoms with Crippen molar-refractivity contribution in [3.8, 4) is 0 Å². The quantitative estimate of drug-likeness (QED) is 0.816. The molecule has 2 rings (SSSR count). The second-order valence-corrected chi connectivity index (χ2v) is 6.88. The summed E-state index contributed by atoms with van der Waals surface area (Å²) in [5.41, 5.74) is 0.527. The molecule has 0 aliphatic heterocycles. The maximum Gasteiger partial charge on any atom is 0.263 e. The number of carbonyl (C=O) groups excluding carboxylic acids is 1. The van der Waals surface area contributed by atoms with E-state index in [1.807, 2.05) is 13.8 Å². The zero-order chi connectivity index (χ0) is 16.9. The third kappa shape index (κ3) is 4.84. The number of aliphatic hydroxyl groups excluding tert-OH is 1. The molecular formula is C17H21FN2O2S. The molecule has 0 fully saturated rings. The van der Waals surface area contributed by atoms with Gasteiger partial charge in [-0.25, -0.2) is 9.37 Å². The van der Waals surface area contributed by atoms with Crippen LogP contribution in [0.3, 0.4) is 0 Å². The molecule has 2 aromatic rings. The lowest BCUT2D eigenvalue weighted by Crippen LogP contribution is -2.45. The average Bonchev–Trinajstić information content (AvgIpc) is 2.98. The van der Waals surface area contributed by atoms with Gasteiger partial charge in [0, 0.05) is 18.6 Å². The molecule has 0 saturated heterocycles. The lowest BCUT2D eigenvalue weighted by atomic mass is 9.95. The Kier molecular flexibility index (Phi) is 5.85. The van der Waals surface area contributed by atoms with Crippen molar-refractivity contribution in [1.29, 1.82) is 0 Å². The van der Waals surface area contributed by atoms with Gasteiger partial charge in [0.1, 0.15) is 10.7 Å². The van der Waals surface area contributed by atoms with Crippen molar-refractivity contribution in [2.75, 3.05) is 6.61 Å². The van der Waals surface area contributed by atoms with Gasteiger partial charge in [0.15, 0.2) is 0 Å². The Balaban J connectivity index is 2.03. The van der Waals surface area contributed by atoms with Crippen LogP contribution in [0.2, 0.25) is 0 Å². The second-order valence-electron chi connectivity index (χ2n) is 5.76. The van der Waals surface area contributed by atoms with Gasteiger partial charge in [-0.05, 0) is 37.5 Å². The van der Waals surface area contributed by atoms with Gasteiger partial charge in [-0.15, -0.1) is 11.3 Å². The van der Waals surface area contributed by atoms with E-state index in [-0.39, 0.29) is 18.3 Å². The molecule has 1 amide bonds. The lowest BCUT2D eigenvalue weighted by molar-refractivity contribution is 0.0890. The summed E-state index contributed by atoms with van der Waals surface area (Å²) in [6, 6.07) is 6.26. The highest BCUT2D eigenvalue weighted by Gasteiger charge is 2.25. The van der Waals surface area contributed by atoms with Gasteiger partial charge >= 0.3 is 0 Å². The van der Waals surface area contributed by atoms with Gasteiger partial charge in [0.05, 0.1) is 11.2 Å². The van der Waals surface area contributed by atoms with E-state index in [1.54, 1.807) is 18.3 Å². The SMILES string of the molecule is CCC(C)(CCO)NC(=O)c1cnc(Cc2ccc(F)cc2)s1. The average molecular weight is 336 g/mol. The molecule has 0 radical (unpaired) electrons. The molecule has 0 aliphatic carbocycles. The van der Waals surface area contributed by atoms with Gasteiger partial charge in [-0.3, -0.25) is 4.79 Å². The van der Waals surface area contributed by atoms with E-state index in [0.29, 0.717) is 17.7 Å². The van der Waals surface area contributed by atoms with Crippen LogP contribution in [0, 0.1) is 5.82 Å². The third-order valence-electron chi connectivity index (χ3n) is 3.91. The highest BCUT2D eigenvalue weighted by Crippen LogP contribution is 2.20. The molecule has 1 aromatic heterocycles. The lowest BCUT2D eigenvalue weighted by Gasteiger charge is -2.28. The number of hydrogen-bond donors (Lipinski definition) is 2. The Hall–Kier alpha value is -1.79. The minimum Gasteiger partial charge on any atom is -0.396 e. The van der Waals surface area contributed by atoms with Crippen molar-refractivity contribution in [1.82, 2.24) is 10.3 Å². The van der Waals surface area contributed by atoms with Crippen LogP contribution >= 0.6 is 11.3 Å². The van der Waals surface area contributed by atoms with Crippen LogP contribution in [0.5, 0.6) is 0 Å². The first-order valence-corrected chi connectivity index (χ1v) is 8.40. The summed E-state index contributed by atoms with van der Waals surface area (Å²) in [5, 5.41) is 12.9. The molecule has 0 saturated carbocycles. The van der Waals surface area contributed by atoms with Gasteiger partial charge in [0.2, 0.25) is 0 Å². The van der Waals surface area contributed by atoms with Crippen molar-refractivity contribution in [3.63, 3.8) is 0 Å². The summed E-state index contributed by atoms with van der Waals surface area (Å²) in [6.45, 7) is 3.92. The van der Waals surface area contributed by atoms with Gasteiger partial charge in [-0.1, -0.05) is 19.1 Å². The predicted molar refractivity (Wildman–Crippen MR) is 89.2 cm³/mol. The summed E-state index contributed by atoms with van der Waals surface area (Å²) < 4.78 is 12.9. The molecular weight excluding hydrogens is 315 g/mol. The monoisotopic (exact) mass is 336 g/mol. The molecule has 2 N–H and O–H groups in total. The maximum atomic E-state index is 12.9. The number of benzene rings is 1. The summed E-state index contributed by atoms with van der Waals surface area (Å²) in [6.07, 6.45) is 3.38. The van der Waals surface area contributed by atoms with E-state index in [0.717, 1.165) is 17.0 Å². The number of aliphatic hydroxyl groups is 1. The van der Waals surface area contributed by atoms with E-state index in [9.17, 15) is 9.18 Å². The van der Waals surface area contributed by atoms with E-state index in [2.05, 4.69) is 10.3 Å². The Labute approximate surface area is 139 Å². The predicted octanol–water partition coefficient (Wildman–Crippen LogP) is 3.15. The fourth-order valence-corrected chi connectivity index (χ4v) is 3.03. The van der Waals surface area contributed by atoms with Crippen LogP contribution in [0.15, 0.2) is 30.5 Å². The standard InChI is InChI=1S/C17H21FN2O2S/c1-3-17(2,8-9-21)20-16(22)14-11-19-15(23-14)10-12-4-6-13(18)7-5-12/h4-7,11,21H,3,8-10H2,1-2H3,(H,20,22). The number of carbonyl (C=O) groups is 1. The van der Waals surface area contributed by atoms with Crippen LogP contribution in [0.25, 0.3) is 0 Å². The number of hydrogen-bond acceptors (Lipinski definition) is 4. The topological polar surface area (TPSA) is 62.2 Å². The summed E-state index contributed by atoms with van der Waals surface area (Å²) in [5.74, 6) is -0.443. The molecule has 0 bridgehead atoms. The Morgan fingerprint density at radius 3 is 2.70 bits per heavy atom. The summed E-state index contributed by atoms with van der Waals surface area (Å²) in [4.78, 5) is 17.1. The molecule has 1 atom stereocenters. The summed E-state index contributed by atoms with van der Waals surface area (Å²) >= 11 is 1.33. The Bertz CT molecular complexity index is 657. The number of halogens is 1. The van der Waals surface area contributed by atoms with Crippen molar-refractivity contribution < 1.29 is 14.3 Å². The fraction of sp³-hybridized carbons (Fsp3) is 0.412. The maximum absolute atomic E-state index is 12.9. The van der Waals surface area contributed by atoms with Crippen molar-refractivity contribution >= 4 is 17.2 Å². The molecule has 1 aromatic carbocycles. The number of aromatic nitrogens is 1. The first-order valence-electron chi connectivity index (χ1n) is 7.58. The van der Waals surface area contributed by atoms with Gasteiger partial charge < -0.3 is 10.4 Å². The van der Waals surface area contributed by atoms with Crippen LogP contribution in [0.4, 0.5) is 4.39 Å². The van der Waals surface area contributed by atoms with Crippen LogP contribution in [0.1, 0.15) is 46.9 Å². The van der Waals surface area contributed by atoms with E-state index < -0.39 is 5.54 Å². The normalized spacial score (nSPS) is 13.6.